The Morgan fingerprint density at radius 2 is 1.93 bits per heavy atom. The Hall–Kier alpha value is -0.890. The first-order valence-corrected chi connectivity index (χ1v) is 5.19. The van der Waals surface area contributed by atoms with E-state index in [2.05, 4.69) is 6.58 Å². The molecule has 0 aromatic heterocycles. The topological polar surface area (TPSA) is 0 Å². The van der Waals surface area contributed by atoms with Gasteiger partial charge in [-0.25, -0.2) is 8.78 Å². The van der Waals surface area contributed by atoms with Crippen LogP contribution in [-0.4, -0.2) is 11.3 Å². The summed E-state index contributed by atoms with van der Waals surface area (Å²) in [5, 5.41) is -1.18. The molecule has 0 aliphatic rings. The van der Waals surface area contributed by atoms with E-state index >= 15 is 0 Å². The van der Waals surface area contributed by atoms with Crippen LogP contribution >= 0.6 is 11.6 Å². The van der Waals surface area contributed by atoms with Gasteiger partial charge < -0.3 is 0 Å². The van der Waals surface area contributed by atoms with Crippen LogP contribution in [0.1, 0.15) is 12.0 Å². The van der Waals surface area contributed by atoms with Crippen molar-refractivity contribution in [1.29, 1.82) is 0 Å². The first-order chi connectivity index (χ1) is 7.06. The number of hydrogen-bond donors (Lipinski definition) is 0. The molecule has 0 fully saturated rings. The highest BCUT2D eigenvalue weighted by Crippen LogP contribution is 2.27. The Labute approximate surface area is 93.6 Å². The lowest BCUT2D eigenvalue weighted by atomic mass is 10.1. The predicted molar refractivity (Wildman–Crippen MR) is 59.5 cm³/mol. The van der Waals surface area contributed by atoms with Gasteiger partial charge in [-0.1, -0.05) is 36.9 Å². The minimum Gasteiger partial charge on any atom is -0.200 e. The number of rotatable bonds is 5. The van der Waals surface area contributed by atoms with Gasteiger partial charge in [-0.2, -0.15) is 0 Å². The largest absolute Gasteiger partial charge is 0.282 e. The van der Waals surface area contributed by atoms with Crippen molar-refractivity contribution >= 4 is 11.6 Å². The Balaban J connectivity index is 2.48. The van der Waals surface area contributed by atoms with Gasteiger partial charge in [-0.15, -0.1) is 11.6 Å². The van der Waals surface area contributed by atoms with Gasteiger partial charge in [0.15, 0.2) is 0 Å². The molecule has 1 rings (SSSR count). The van der Waals surface area contributed by atoms with Crippen LogP contribution in [0.5, 0.6) is 0 Å². The molecular formula is C12H13ClF2. The van der Waals surface area contributed by atoms with Crippen LogP contribution in [0.3, 0.4) is 0 Å². The lowest BCUT2D eigenvalue weighted by Crippen LogP contribution is -2.26. The first-order valence-electron chi connectivity index (χ1n) is 4.75. The zero-order chi connectivity index (χ0) is 11.3. The quantitative estimate of drug-likeness (QED) is 0.529. The Kier molecular flexibility index (Phi) is 4.28. The van der Waals surface area contributed by atoms with E-state index < -0.39 is 11.3 Å². The number of halogens is 3. The van der Waals surface area contributed by atoms with Crippen molar-refractivity contribution in [2.75, 3.05) is 0 Å². The maximum Gasteiger partial charge on any atom is 0.282 e. The maximum absolute atomic E-state index is 13.0. The van der Waals surface area contributed by atoms with Gasteiger partial charge in [0.1, 0.15) is 5.38 Å². The highest BCUT2D eigenvalue weighted by Gasteiger charge is 2.34. The number of alkyl halides is 3. The van der Waals surface area contributed by atoms with Crippen LogP contribution in [0.25, 0.3) is 0 Å². The summed E-state index contributed by atoms with van der Waals surface area (Å²) in [5.41, 5.74) is 1.02. The van der Waals surface area contributed by atoms with Crippen molar-refractivity contribution in [3.05, 3.63) is 48.6 Å². The van der Waals surface area contributed by atoms with Crippen LogP contribution in [0.4, 0.5) is 8.78 Å². The highest BCUT2D eigenvalue weighted by atomic mass is 35.5. The number of hydrogen-bond acceptors (Lipinski definition) is 0. The van der Waals surface area contributed by atoms with Gasteiger partial charge >= 0.3 is 0 Å². The Morgan fingerprint density at radius 3 is 2.47 bits per heavy atom. The summed E-state index contributed by atoms with van der Waals surface area (Å²) in [6.07, 6.45) is 1.40. The molecule has 0 saturated carbocycles. The summed E-state index contributed by atoms with van der Waals surface area (Å²) >= 11 is 5.60. The van der Waals surface area contributed by atoms with E-state index in [1.165, 1.54) is 0 Å². The first kappa shape index (κ1) is 12.2. The summed E-state index contributed by atoms with van der Waals surface area (Å²) in [5.74, 6) is -2.99. The molecule has 0 amide bonds. The fourth-order valence-corrected chi connectivity index (χ4v) is 1.46. The van der Waals surface area contributed by atoms with E-state index in [-0.39, 0.29) is 6.42 Å². The van der Waals surface area contributed by atoms with Gasteiger partial charge in [0.25, 0.3) is 5.92 Å². The van der Waals surface area contributed by atoms with Gasteiger partial charge in [0.2, 0.25) is 0 Å². The SMILES string of the molecule is C=CC(F)(F)C(Cl)CCc1ccccc1. The summed E-state index contributed by atoms with van der Waals surface area (Å²) in [4.78, 5) is 0. The van der Waals surface area contributed by atoms with Crippen molar-refractivity contribution in [1.82, 2.24) is 0 Å². The van der Waals surface area contributed by atoms with Gasteiger partial charge in [-0.3, -0.25) is 0 Å². The Morgan fingerprint density at radius 1 is 1.33 bits per heavy atom. The molecule has 0 saturated heterocycles. The molecule has 1 aromatic rings. The third-order valence-electron chi connectivity index (χ3n) is 2.22. The lowest BCUT2D eigenvalue weighted by molar-refractivity contribution is 0.0483. The van der Waals surface area contributed by atoms with E-state index in [0.29, 0.717) is 12.5 Å². The fourth-order valence-electron chi connectivity index (χ4n) is 1.26. The minimum atomic E-state index is -2.99. The summed E-state index contributed by atoms with van der Waals surface area (Å²) in [6.45, 7) is 3.07. The molecular weight excluding hydrogens is 218 g/mol. The Bertz CT molecular complexity index is 309. The monoisotopic (exact) mass is 230 g/mol. The summed E-state index contributed by atoms with van der Waals surface area (Å²) < 4.78 is 26.0. The van der Waals surface area contributed by atoms with Gasteiger partial charge in [-0.05, 0) is 24.5 Å². The molecule has 0 bridgehead atoms. The molecule has 0 radical (unpaired) electrons. The molecule has 82 valence electrons. The molecule has 0 N–H and O–H groups in total. The minimum absolute atomic E-state index is 0.241. The molecule has 0 aliphatic carbocycles. The van der Waals surface area contributed by atoms with E-state index in [1.54, 1.807) is 0 Å². The summed E-state index contributed by atoms with van der Waals surface area (Å²) in [7, 11) is 0. The molecule has 0 nitrogen and oxygen atoms in total. The number of allylic oxidation sites excluding steroid dienone is 1. The molecule has 15 heavy (non-hydrogen) atoms. The van der Waals surface area contributed by atoms with Gasteiger partial charge in [0, 0.05) is 0 Å². The maximum atomic E-state index is 13.0. The third-order valence-corrected chi connectivity index (χ3v) is 2.73. The molecule has 0 aliphatic heterocycles. The lowest BCUT2D eigenvalue weighted by Gasteiger charge is -2.17. The second-order valence-electron chi connectivity index (χ2n) is 3.37. The van der Waals surface area contributed by atoms with Crippen molar-refractivity contribution < 1.29 is 8.78 Å². The van der Waals surface area contributed by atoms with E-state index in [4.69, 9.17) is 11.6 Å². The fraction of sp³-hybridized carbons (Fsp3) is 0.333. The number of benzene rings is 1. The van der Waals surface area contributed by atoms with Crippen molar-refractivity contribution in [2.24, 2.45) is 0 Å². The van der Waals surface area contributed by atoms with Crippen LogP contribution in [0.15, 0.2) is 43.0 Å². The van der Waals surface area contributed by atoms with E-state index in [1.807, 2.05) is 30.3 Å². The second-order valence-corrected chi connectivity index (χ2v) is 3.90. The van der Waals surface area contributed by atoms with Crippen molar-refractivity contribution in [3.8, 4) is 0 Å². The molecule has 0 heterocycles. The van der Waals surface area contributed by atoms with E-state index in [9.17, 15) is 8.78 Å². The molecule has 0 spiro atoms. The average molecular weight is 231 g/mol. The van der Waals surface area contributed by atoms with Gasteiger partial charge in [0.05, 0.1) is 0 Å². The molecule has 1 unspecified atom stereocenters. The average Bonchev–Trinajstić information content (AvgIpc) is 2.27. The highest BCUT2D eigenvalue weighted by molar-refractivity contribution is 6.21. The standard InChI is InChI=1S/C12H13ClF2/c1-2-12(14,15)11(13)9-8-10-6-4-3-5-7-10/h2-7,11H,1,8-9H2. The van der Waals surface area contributed by atoms with E-state index in [0.717, 1.165) is 5.56 Å². The van der Waals surface area contributed by atoms with Crippen LogP contribution < -0.4 is 0 Å². The van der Waals surface area contributed by atoms with Crippen molar-refractivity contribution in [2.45, 2.75) is 24.1 Å². The molecule has 3 heteroatoms. The zero-order valence-electron chi connectivity index (χ0n) is 8.30. The van der Waals surface area contributed by atoms with Crippen LogP contribution in [0.2, 0.25) is 0 Å². The second kappa shape index (κ2) is 5.26. The van der Waals surface area contributed by atoms with Crippen molar-refractivity contribution in [3.63, 3.8) is 0 Å². The smallest absolute Gasteiger partial charge is 0.200 e. The molecule has 1 aromatic carbocycles. The predicted octanol–water partition coefficient (Wildman–Crippen LogP) is 4.05. The third kappa shape index (κ3) is 3.63. The zero-order valence-corrected chi connectivity index (χ0v) is 9.05. The normalized spacial score (nSPS) is 13.5. The number of aryl methyl sites for hydroxylation is 1. The molecule has 1 atom stereocenters. The van der Waals surface area contributed by atoms with Crippen LogP contribution in [-0.2, 0) is 6.42 Å². The van der Waals surface area contributed by atoms with Crippen LogP contribution in [0, 0.1) is 0 Å². The summed E-state index contributed by atoms with van der Waals surface area (Å²) in [6, 6.07) is 9.44.